The van der Waals surface area contributed by atoms with Crippen LogP contribution in [-0.4, -0.2) is 76.5 Å². The minimum atomic E-state index is -1.30. The molecule has 1 saturated heterocycles. The van der Waals surface area contributed by atoms with Crippen molar-refractivity contribution in [1.82, 2.24) is 24.8 Å². The average molecular weight is 539 g/mol. The number of ketones is 1. The van der Waals surface area contributed by atoms with Gasteiger partial charge in [0.05, 0.1) is 11.9 Å². The van der Waals surface area contributed by atoms with Gasteiger partial charge in [-0.2, -0.15) is 0 Å². The molecule has 1 aliphatic heterocycles. The second kappa shape index (κ2) is 11.0. The molecular formula is C26H30N6O7. The zero-order valence-electron chi connectivity index (χ0n) is 21.0. The molecule has 13 heteroatoms. The van der Waals surface area contributed by atoms with E-state index in [1.54, 1.807) is 0 Å². The van der Waals surface area contributed by atoms with E-state index >= 15 is 0 Å². The Kier molecular flexibility index (Phi) is 7.46. The summed E-state index contributed by atoms with van der Waals surface area (Å²) < 4.78 is 7.27. The number of phenols is 2. The molecule has 0 bridgehead atoms. The fraction of sp³-hybridized carbons (Fsp3) is 0.423. The number of nitrogens with one attached hydrogen (secondary N) is 1. The van der Waals surface area contributed by atoms with Crippen molar-refractivity contribution in [3.8, 4) is 11.5 Å². The molecule has 4 atom stereocenters. The van der Waals surface area contributed by atoms with Crippen molar-refractivity contribution in [3.05, 3.63) is 48.1 Å². The smallest absolute Gasteiger partial charge is 0.255 e. The Bertz CT molecular complexity index is 1420. The van der Waals surface area contributed by atoms with Crippen LogP contribution in [0.3, 0.4) is 0 Å². The summed E-state index contributed by atoms with van der Waals surface area (Å²) in [6, 6.07) is 2.48. The first-order chi connectivity index (χ1) is 18.8. The van der Waals surface area contributed by atoms with Crippen LogP contribution in [0.1, 0.15) is 59.0 Å². The van der Waals surface area contributed by atoms with E-state index in [1.807, 2.05) is 0 Å². The number of rotatable bonds is 7. The van der Waals surface area contributed by atoms with Gasteiger partial charge >= 0.3 is 0 Å². The number of hydrogen-bond acceptors (Lipinski definition) is 11. The Morgan fingerprint density at radius 3 is 2.64 bits per heavy atom. The number of hydrogen-bond donors (Lipinski definition) is 6. The lowest BCUT2D eigenvalue weighted by Crippen LogP contribution is -2.31. The summed E-state index contributed by atoms with van der Waals surface area (Å²) in [6.45, 7) is -0.0229. The number of aromatic hydroxyl groups is 2. The molecular weight excluding hydrogens is 508 g/mol. The first-order valence-electron chi connectivity index (χ1n) is 12.8. The van der Waals surface area contributed by atoms with Crippen molar-refractivity contribution in [1.29, 1.82) is 0 Å². The second-order valence-corrected chi connectivity index (χ2v) is 9.78. The van der Waals surface area contributed by atoms with Crippen LogP contribution in [0.5, 0.6) is 11.5 Å². The Balaban J connectivity index is 1.23. The Labute approximate surface area is 223 Å². The van der Waals surface area contributed by atoms with E-state index in [0.717, 1.165) is 32.1 Å². The normalized spacial score (nSPS) is 23.9. The monoisotopic (exact) mass is 538 g/mol. The maximum atomic E-state index is 12.9. The van der Waals surface area contributed by atoms with Gasteiger partial charge in [-0.05, 0) is 25.0 Å². The standard InChI is InChI=1S/C26H30N6O7/c27-23-18-24(30-11-29-23)32(12-31-18)26-22(37)21(36)17(39-26)7-4-8-28-25(38)15-9-14(10-16(33)20(15)35)19(34)13-5-2-1-3-6-13/h4,7,9-13,17,21-22,26,33,35-37H,1-3,5-6,8H2,(H,28,38)(H2,27,29,30)/b7-4+/t17-,21-,22-,26-/m1/s1. The number of anilines is 1. The molecule has 1 saturated carbocycles. The number of phenolic OH excluding ortho intramolecular Hbond substituents is 2. The number of nitrogens with zero attached hydrogens (tertiary/aromatic N) is 4. The molecule has 3 heterocycles. The maximum Gasteiger partial charge on any atom is 0.255 e. The number of benzene rings is 1. The van der Waals surface area contributed by atoms with Crippen molar-refractivity contribution >= 4 is 28.7 Å². The van der Waals surface area contributed by atoms with Gasteiger partial charge < -0.3 is 36.2 Å². The number of aliphatic hydroxyl groups excluding tert-OH is 2. The molecule has 1 amide bonds. The average Bonchev–Trinajstić information content (AvgIpc) is 3.49. The molecule has 2 fully saturated rings. The zero-order chi connectivity index (χ0) is 27.7. The number of aliphatic hydroxyl groups is 2. The highest BCUT2D eigenvalue weighted by Crippen LogP contribution is 2.34. The molecule has 7 N–H and O–H groups in total. The summed E-state index contributed by atoms with van der Waals surface area (Å²) in [5.41, 5.74) is 6.44. The lowest BCUT2D eigenvalue weighted by atomic mass is 9.83. The summed E-state index contributed by atoms with van der Waals surface area (Å²) in [4.78, 5) is 37.8. The van der Waals surface area contributed by atoms with Gasteiger partial charge in [-0.25, -0.2) is 15.0 Å². The molecule has 3 aromatic rings. The second-order valence-electron chi connectivity index (χ2n) is 9.78. The summed E-state index contributed by atoms with van der Waals surface area (Å²) in [5, 5.41) is 44.0. The Morgan fingerprint density at radius 2 is 1.87 bits per heavy atom. The van der Waals surface area contributed by atoms with Gasteiger partial charge in [0.1, 0.15) is 30.2 Å². The molecule has 206 valence electrons. The number of fused-ring (bicyclic) bond motifs is 1. The molecule has 2 aliphatic rings. The number of Topliss-reactive ketones (excluding diaryl/α,β-unsaturated/α-hetero) is 1. The van der Waals surface area contributed by atoms with E-state index in [2.05, 4.69) is 20.3 Å². The number of carbonyl (C=O) groups is 2. The zero-order valence-corrected chi connectivity index (χ0v) is 21.0. The number of ether oxygens (including phenoxy) is 1. The van der Waals surface area contributed by atoms with Crippen molar-refractivity contribution in [2.75, 3.05) is 12.3 Å². The van der Waals surface area contributed by atoms with Gasteiger partial charge in [0.2, 0.25) is 0 Å². The summed E-state index contributed by atoms with van der Waals surface area (Å²) >= 11 is 0. The number of carbonyl (C=O) groups excluding carboxylic acids is 2. The van der Waals surface area contributed by atoms with Crippen molar-refractivity contribution < 1.29 is 34.8 Å². The van der Waals surface area contributed by atoms with Crippen molar-refractivity contribution in [2.45, 2.75) is 56.6 Å². The minimum Gasteiger partial charge on any atom is -0.504 e. The van der Waals surface area contributed by atoms with Crippen LogP contribution in [0, 0.1) is 5.92 Å². The first-order valence-corrected chi connectivity index (χ1v) is 12.8. The summed E-state index contributed by atoms with van der Waals surface area (Å²) in [6.07, 6.45) is 5.68. The number of imidazole rings is 1. The summed E-state index contributed by atoms with van der Waals surface area (Å²) in [5.74, 6) is -2.00. The van der Waals surface area contributed by atoms with Crippen LogP contribution in [0.2, 0.25) is 0 Å². The third-order valence-electron chi connectivity index (χ3n) is 7.24. The highest BCUT2D eigenvalue weighted by Gasteiger charge is 2.43. The van der Waals surface area contributed by atoms with E-state index in [1.165, 1.54) is 41.5 Å². The highest BCUT2D eigenvalue weighted by atomic mass is 16.6. The van der Waals surface area contributed by atoms with E-state index < -0.39 is 41.9 Å². The molecule has 0 radical (unpaired) electrons. The van der Waals surface area contributed by atoms with Crippen LogP contribution in [-0.2, 0) is 4.74 Å². The SMILES string of the molecule is Nc1ncnc2c1ncn2[C@@H]1O[C@H](/C=C/CNC(=O)c2cc(C(=O)C3CCCCC3)cc(O)c2O)[C@@H](O)[C@H]1O. The van der Waals surface area contributed by atoms with Gasteiger partial charge in [-0.1, -0.05) is 31.4 Å². The number of aromatic nitrogens is 4. The van der Waals surface area contributed by atoms with Gasteiger partial charge in [0.25, 0.3) is 5.91 Å². The van der Waals surface area contributed by atoms with Crippen LogP contribution in [0.4, 0.5) is 5.82 Å². The lowest BCUT2D eigenvalue weighted by molar-refractivity contribution is -0.0245. The molecule has 0 spiro atoms. The highest BCUT2D eigenvalue weighted by molar-refractivity contribution is 6.04. The molecule has 13 nitrogen and oxygen atoms in total. The Hall–Kier alpha value is -4.07. The molecule has 39 heavy (non-hydrogen) atoms. The van der Waals surface area contributed by atoms with Gasteiger partial charge in [0.15, 0.2) is 35.0 Å². The molecule has 1 aromatic carbocycles. The van der Waals surface area contributed by atoms with E-state index in [0.29, 0.717) is 11.2 Å². The van der Waals surface area contributed by atoms with Gasteiger partial charge in [-0.3, -0.25) is 14.2 Å². The lowest BCUT2D eigenvalue weighted by Gasteiger charge is -2.20. The van der Waals surface area contributed by atoms with Crippen molar-refractivity contribution in [3.63, 3.8) is 0 Å². The molecule has 0 unspecified atom stereocenters. The van der Waals surface area contributed by atoms with Crippen molar-refractivity contribution in [2.24, 2.45) is 5.92 Å². The summed E-state index contributed by atoms with van der Waals surface area (Å²) in [7, 11) is 0. The molecule has 2 aromatic heterocycles. The van der Waals surface area contributed by atoms with E-state index in [-0.39, 0.29) is 35.2 Å². The fourth-order valence-corrected chi connectivity index (χ4v) is 5.11. The van der Waals surface area contributed by atoms with E-state index in [9.17, 15) is 30.0 Å². The fourth-order valence-electron chi connectivity index (χ4n) is 5.11. The molecule has 1 aliphatic carbocycles. The first kappa shape index (κ1) is 26.5. The number of amides is 1. The van der Waals surface area contributed by atoms with Crippen LogP contribution >= 0.6 is 0 Å². The number of nitrogen functional groups attached to an aromatic ring is 1. The Morgan fingerprint density at radius 1 is 1.10 bits per heavy atom. The maximum absolute atomic E-state index is 12.9. The topological polar surface area (TPSA) is 206 Å². The van der Waals surface area contributed by atoms with Gasteiger partial charge in [0, 0.05) is 18.0 Å². The minimum absolute atomic E-state index is 0.0229. The predicted octanol–water partition coefficient (Wildman–Crippen LogP) is 1.19. The number of nitrogens with two attached hydrogens (primary N) is 1. The van der Waals surface area contributed by atoms with Gasteiger partial charge in [-0.15, -0.1) is 0 Å². The third-order valence-corrected chi connectivity index (χ3v) is 7.24. The van der Waals surface area contributed by atoms with Crippen LogP contribution in [0.25, 0.3) is 11.2 Å². The molecule has 5 rings (SSSR count). The van der Waals surface area contributed by atoms with E-state index in [4.69, 9.17) is 10.5 Å². The van der Waals surface area contributed by atoms with Crippen LogP contribution in [0.15, 0.2) is 36.9 Å². The third kappa shape index (κ3) is 5.15. The largest absolute Gasteiger partial charge is 0.504 e. The van der Waals surface area contributed by atoms with Crippen LogP contribution < -0.4 is 11.1 Å². The quantitative estimate of drug-likeness (QED) is 0.143. The predicted molar refractivity (Wildman–Crippen MR) is 138 cm³/mol.